The minimum Gasteiger partial charge on any atom is -0.332 e. The number of nitro groups is 1. The van der Waals surface area contributed by atoms with E-state index in [0.29, 0.717) is 17.2 Å². The molecule has 2 aromatic heterocycles. The third-order valence-corrected chi connectivity index (χ3v) is 3.17. The fourth-order valence-electron chi connectivity index (χ4n) is 2.06. The van der Waals surface area contributed by atoms with Gasteiger partial charge in [0.2, 0.25) is 5.82 Å². The predicted octanol–water partition coefficient (Wildman–Crippen LogP) is 2.97. The monoisotopic (exact) mass is 292 g/mol. The molecule has 2 aromatic rings. The fourth-order valence-corrected chi connectivity index (χ4v) is 2.06. The first kappa shape index (κ1) is 15.0. The van der Waals surface area contributed by atoms with Crippen LogP contribution < -0.4 is 5.32 Å². The zero-order valence-corrected chi connectivity index (χ0v) is 12.9. The first-order chi connectivity index (χ1) is 9.81. The van der Waals surface area contributed by atoms with Crippen LogP contribution in [0.1, 0.15) is 45.3 Å². The molecule has 8 nitrogen and oxygen atoms in total. The summed E-state index contributed by atoms with van der Waals surface area (Å²) >= 11 is 0. The van der Waals surface area contributed by atoms with Crippen LogP contribution in [0.5, 0.6) is 0 Å². The lowest BCUT2D eigenvalue weighted by atomic mass is 10.1. The molecule has 0 saturated heterocycles. The largest absolute Gasteiger partial charge is 0.334 e. The number of hydrogen-bond donors (Lipinski definition) is 1. The van der Waals surface area contributed by atoms with E-state index in [1.165, 1.54) is 4.68 Å². The van der Waals surface area contributed by atoms with Crippen LogP contribution in [0.15, 0.2) is 12.4 Å². The van der Waals surface area contributed by atoms with Crippen molar-refractivity contribution in [3.8, 4) is 0 Å². The first-order valence-electron chi connectivity index (χ1n) is 6.83. The van der Waals surface area contributed by atoms with E-state index in [0.717, 1.165) is 0 Å². The Kier molecular flexibility index (Phi) is 3.97. The third kappa shape index (κ3) is 2.88. The molecule has 114 valence electrons. The van der Waals surface area contributed by atoms with Crippen molar-refractivity contribution < 1.29 is 4.92 Å². The Balaban J connectivity index is 2.41. The highest BCUT2D eigenvalue weighted by molar-refractivity contribution is 5.67. The standard InChI is InChI=1S/C13H20N6O2/c1-8(2)11-12(19(20)21)13(17(5)16-11)15-10-6-14-18(7-10)9(3)4/h6-9,15H,1-5H3. The van der Waals surface area contributed by atoms with Gasteiger partial charge in [0.25, 0.3) is 0 Å². The van der Waals surface area contributed by atoms with Gasteiger partial charge in [-0.2, -0.15) is 10.2 Å². The number of hydrogen-bond acceptors (Lipinski definition) is 5. The summed E-state index contributed by atoms with van der Waals surface area (Å²) in [5, 5.41) is 22.9. The van der Waals surface area contributed by atoms with Gasteiger partial charge in [-0.05, 0) is 13.8 Å². The van der Waals surface area contributed by atoms with Crippen molar-refractivity contribution in [1.29, 1.82) is 0 Å². The maximum absolute atomic E-state index is 11.4. The molecular weight excluding hydrogens is 272 g/mol. The maximum Gasteiger partial charge on any atom is 0.334 e. The Labute approximate surface area is 122 Å². The SMILES string of the molecule is CC(C)c1nn(C)c(Nc2cnn(C(C)C)c2)c1[N+](=O)[O-]. The number of aryl methyl sites for hydroxylation is 1. The second kappa shape index (κ2) is 5.55. The number of nitrogens with one attached hydrogen (secondary N) is 1. The molecule has 1 N–H and O–H groups in total. The second-order valence-electron chi connectivity index (χ2n) is 5.55. The van der Waals surface area contributed by atoms with Crippen LogP contribution in [0.2, 0.25) is 0 Å². The molecule has 0 aliphatic heterocycles. The lowest BCUT2D eigenvalue weighted by Gasteiger charge is -2.05. The molecule has 0 radical (unpaired) electrons. The molecule has 0 aliphatic rings. The third-order valence-electron chi connectivity index (χ3n) is 3.17. The molecule has 21 heavy (non-hydrogen) atoms. The number of aromatic nitrogens is 4. The molecular formula is C13H20N6O2. The molecule has 0 aliphatic carbocycles. The van der Waals surface area contributed by atoms with Gasteiger partial charge in [-0.25, -0.2) is 4.68 Å². The lowest BCUT2D eigenvalue weighted by Crippen LogP contribution is -2.02. The molecule has 8 heteroatoms. The fraction of sp³-hybridized carbons (Fsp3) is 0.538. The van der Waals surface area contributed by atoms with Crippen LogP contribution in [0, 0.1) is 10.1 Å². The highest BCUT2D eigenvalue weighted by Crippen LogP contribution is 2.34. The summed E-state index contributed by atoms with van der Waals surface area (Å²) < 4.78 is 3.29. The van der Waals surface area contributed by atoms with E-state index in [2.05, 4.69) is 15.5 Å². The highest BCUT2D eigenvalue weighted by Gasteiger charge is 2.28. The van der Waals surface area contributed by atoms with Crippen LogP contribution in [-0.2, 0) is 7.05 Å². The number of anilines is 2. The quantitative estimate of drug-likeness (QED) is 0.675. The molecule has 0 spiro atoms. The van der Waals surface area contributed by atoms with Crippen molar-refractivity contribution in [2.45, 2.75) is 39.7 Å². The summed E-state index contributed by atoms with van der Waals surface area (Å²) in [5.74, 6) is 0.345. The zero-order valence-electron chi connectivity index (χ0n) is 12.9. The maximum atomic E-state index is 11.4. The normalized spacial score (nSPS) is 11.4. The molecule has 0 amide bonds. The van der Waals surface area contributed by atoms with E-state index >= 15 is 0 Å². The molecule has 2 heterocycles. The molecule has 0 aromatic carbocycles. The Hall–Kier alpha value is -2.38. The minimum absolute atomic E-state index is 0.0183. The van der Waals surface area contributed by atoms with E-state index in [1.807, 2.05) is 33.9 Å². The van der Waals surface area contributed by atoms with Gasteiger partial charge in [0.1, 0.15) is 5.69 Å². The van der Waals surface area contributed by atoms with Crippen LogP contribution in [0.3, 0.4) is 0 Å². The van der Waals surface area contributed by atoms with Gasteiger partial charge in [0, 0.05) is 25.2 Å². The summed E-state index contributed by atoms with van der Waals surface area (Å²) in [4.78, 5) is 11.0. The second-order valence-corrected chi connectivity index (χ2v) is 5.55. The molecule has 0 fully saturated rings. The van der Waals surface area contributed by atoms with E-state index in [1.54, 1.807) is 17.9 Å². The first-order valence-corrected chi connectivity index (χ1v) is 6.83. The van der Waals surface area contributed by atoms with Gasteiger partial charge in [-0.3, -0.25) is 14.8 Å². The Morgan fingerprint density at radius 2 is 2.00 bits per heavy atom. The topological polar surface area (TPSA) is 90.8 Å². The van der Waals surface area contributed by atoms with Crippen molar-refractivity contribution in [3.05, 3.63) is 28.2 Å². The van der Waals surface area contributed by atoms with E-state index in [4.69, 9.17) is 0 Å². The number of nitrogens with zero attached hydrogens (tertiary/aromatic N) is 5. The van der Waals surface area contributed by atoms with E-state index < -0.39 is 4.92 Å². The minimum atomic E-state index is -0.391. The van der Waals surface area contributed by atoms with Crippen LogP contribution in [-0.4, -0.2) is 24.5 Å². The molecule has 0 atom stereocenters. The van der Waals surface area contributed by atoms with Crippen LogP contribution >= 0.6 is 0 Å². The zero-order chi connectivity index (χ0) is 15.7. The Morgan fingerprint density at radius 1 is 1.33 bits per heavy atom. The summed E-state index contributed by atoms with van der Waals surface area (Å²) in [7, 11) is 1.69. The molecule has 0 bridgehead atoms. The van der Waals surface area contributed by atoms with Crippen molar-refractivity contribution in [3.63, 3.8) is 0 Å². The highest BCUT2D eigenvalue weighted by atomic mass is 16.6. The van der Waals surface area contributed by atoms with E-state index in [9.17, 15) is 10.1 Å². The smallest absolute Gasteiger partial charge is 0.332 e. The van der Waals surface area contributed by atoms with Crippen molar-refractivity contribution >= 4 is 17.2 Å². The van der Waals surface area contributed by atoms with Gasteiger partial charge >= 0.3 is 5.69 Å². The number of rotatable bonds is 5. The van der Waals surface area contributed by atoms with Crippen LogP contribution in [0.4, 0.5) is 17.2 Å². The van der Waals surface area contributed by atoms with Gasteiger partial charge in [-0.15, -0.1) is 0 Å². The predicted molar refractivity (Wildman–Crippen MR) is 79.8 cm³/mol. The Bertz CT molecular complexity index is 656. The van der Waals surface area contributed by atoms with Gasteiger partial charge in [-0.1, -0.05) is 13.8 Å². The molecule has 0 unspecified atom stereocenters. The van der Waals surface area contributed by atoms with Crippen molar-refractivity contribution in [2.24, 2.45) is 7.05 Å². The van der Waals surface area contributed by atoms with Crippen LogP contribution in [0.25, 0.3) is 0 Å². The summed E-state index contributed by atoms with van der Waals surface area (Å²) in [6.45, 7) is 7.80. The van der Waals surface area contributed by atoms with E-state index in [-0.39, 0.29) is 17.6 Å². The average molecular weight is 292 g/mol. The molecule has 2 rings (SSSR count). The van der Waals surface area contributed by atoms with Gasteiger partial charge < -0.3 is 5.32 Å². The average Bonchev–Trinajstić information content (AvgIpc) is 2.96. The van der Waals surface area contributed by atoms with Crippen molar-refractivity contribution in [1.82, 2.24) is 19.6 Å². The van der Waals surface area contributed by atoms with Gasteiger partial charge in [0.05, 0.1) is 16.8 Å². The summed E-state index contributed by atoms with van der Waals surface area (Å²) in [6.07, 6.45) is 3.46. The molecule has 0 saturated carbocycles. The summed E-state index contributed by atoms with van der Waals surface area (Å²) in [6, 6.07) is 0.230. The Morgan fingerprint density at radius 3 is 2.48 bits per heavy atom. The van der Waals surface area contributed by atoms with Gasteiger partial charge in [0.15, 0.2) is 0 Å². The van der Waals surface area contributed by atoms with Crippen molar-refractivity contribution in [2.75, 3.05) is 5.32 Å². The lowest BCUT2D eigenvalue weighted by molar-refractivity contribution is -0.384. The summed E-state index contributed by atoms with van der Waals surface area (Å²) in [5.41, 5.74) is 1.19.